The lowest BCUT2D eigenvalue weighted by Crippen LogP contribution is -2.15. The second kappa shape index (κ2) is 6.44. The summed E-state index contributed by atoms with van der Waals surface area (Å²) >= 11 is 0. The topological polar surface area (TPSA) is 40.5 Å². The number of aliphatic carboxylic acids is 1. The van der Waals surface area contributed by atoms with Crippen LogP contribution in [0.2, 0.25) is 0 Å². The highest BCUT2D eigenvalue weighted by molar-refractivity contribution is 5.76. The number of benzene rings is 2. The fourth-order valence-corrected chi connectivity index (χ4v) is 2.31. The van der Waals surface area contributed by atoms with Crippen LogP contribution in [0, 0.1) is 6.92 Å². The first-order valence-electron chi connectivity index (χ1n) is 7.03. The van der Waals surface area contributed by atoms with Crippen LogP contribution in [0.3, 0.4) is 0 Å². The van der Waals surface area contributed by atoms with Crippen molar-refractivity contribution in [2.45, 2.75) is 19.3 Å². The van der Waals surface area contributed by atoms with Crippen molar-refractivity contribution in [3.8, 4) is 0 Å². The summed E-state index contributed by atoms with van der Waals surface area (Å²) in [6, 6.07) is 15.8. The Labute approximate surface area is 125 Å². The molecule has 3 heteroatoms. The molecule has 0 saturated heterocycles. The van der Waals surface area contributed by atoms with Crippen molar-refractivity contribution in [1.82, 2.24) is 0 Å². The largest absolute Gasteiger partial charge is 0.481 e. The van der Waals surface area contributed by atoms with Gasteiger partial charge in [0, 0.05) is 19.8 Å². The van der Waals surface area contributed by atoms with Crippen molar-refractivity contribution in [2.75, 3.05) is 19.0 Å². The number of hydrogen-bond donors (Lipinski definition) is 1. The van der Waals surface area contributed by atoms with Gasteiger partial charge in [0.05, 0.1) is 5.92 Å². The van der Waals surface area contributed by atoms with Gasteiger partial charge in [0.15, 0.2) is 0 Å². The Morgan fingerprint density at radius 2 is 1.62 bits per heavy atom. The molecule has 1 unspecified atom stereocenters. The van der Waals surface area contributed by atoms with Crippen LogP contribution in [0.15, 0.2) is 48.5 Å². The van der Waals surface area contributed by atoms with Gasteiger partial charge in [0.1, 0.15) is 0 Å². The first-order chi connectivity index (χ1) is 9.97. The minimum atomic E-state index is -0.784. The monoisotopic (exact) mass is 283 g/mol. The fourth-order valence-electron chi connectivity index (χ4n) is 2.31. The maximum absolute atomic E-state index is 11.6. The van der Waals surface area contributed by atoms with Gasteiger partial charge in [0.2, 0.25) is 0 Å². The van der Waals surface area contributed by atoms with E-state index in [2.05, 4.69) is 0 Å². The summed E-state index contributed by atoms with van der Waals surface area (Å²) in [6.45, 7) is 2.03. The Morgan fingerprint density at radius 1 is 1.05 bits per heavy atom. The van der Waals surface area contributed by atoms with E-state index in [4.69, 9.17) is 0 Å². The number of carboxylic acids is 1. The van der Waals surface area contributed by atoms with Gasteiger partial charge < -0.3 is 10.0 Å². The first kappa shape index (κ1) is 15.1. The van der Waals surface area contributed by atoms with Crippen LogP contribution < -0.4 is 4.90 Å². The lowest BCUT2D eigenvalue weighted by Gasteiger charge is -2.16. The average molecular weight is 283 g/mol. The maximum atomic E-state index is 11.6. The molecule has 2 rings (SSSR count). The third-order valence-electron chi connectivity index (χ3n) is 3.67. The standard InChI is InChI=1S/C18H21NO2/c1-13-4-6-14(7-5-13)12-17(18(20)21)15-8-10-16(11-9-15)19(2)3/h4-11,17H,12H2,1-3H3,(H,20,21). The molecule has 2 aromatic carbocycles. The number of hydrogen-bond acceptors (Lipinski definition) is 2. The summed E-state index contributed by atoms with van der Waals surface area (Å²) in [4.78, 5) is 13.6. The number of anilines is 1. The third-order valence-corrected chi connectivity index (χ3v) is 3.67. The quantitative estimate of drug-likeness (QED) is 0.913. The van der Waals surface area contributed by atoms with E-state index in [1.165, 1.54) is 5.56 Å². The molecular weight excluding hydrogens is 262 g/mol. The molecule has 0 heterocycles. The normalized spacial score (nSPS) is 12.0. The summed E-state index contributed by atoms with van der Waals surface area (Å²) in [5.41, 5.74) is 4.14. The summed E-state index contributed by atoms with van der Waals surface area (Å²) in [5, 5.41) is 9.51. The van der Waals surface area contributed by atoms with Crippen molar-refractivity contribution in [1.29, 1.82) is 0 Å². The molecule has 3 nitrogen and oxygen atoms in total. The Bertz CT molecular complexity index is 600. The zero-order valence-corrected chi connectivity index (χ0v) is 12.7. The molecule has 0 bridgehead atoms. The van der Waals surface area contributed by atoms with Gasteiger partial charge in [-0.05, 0) is 36.6 Å². The molecule has 0 amide bonds. The molecule has 2 aromatic rings. The Kier molecular flexibility index (Phi) is 4.63. The van der Waals surface area contributed by atoms with Gasteiger partial charge in [-0.1, -0.05) is 42.0 Å². The molecular formula is C18H21NO2. The van der Waals surface area contributed by atoms with Crippen LogP contribution in [-0.4, -0.2) is 25.2 Å². The molecule has 1 atom stereocenters. The summed E-state index contributed by atoms with van der Waals surface area (Å²) in [7, 11) is 3.94. The third kappa shape index (κ3) is 3.85. The highest BCUT2D eigenvalue weighted by atomic mass is 16.4. The second-order valence-electron chi connectivity index (χ2n) is 5.57. The van der Waals surface area contributed by atoms with E-state index in [-0.39, 0.29) is 0 Å². The van der Waals surface area contributed by atoms with E-state index in [0.29, 0.717) is 6.42 Å². The number of aryl methyl sites for hydroxylation is 1. The van der Waals surface area contributed by atoms with E-state index < -0.39 is 11.9 Å². The van der Waals surface area contributed by atoms with Gasteiger partial charge in [-0.3, -0.25) is 4.79 Å². The predicted molar refractivity (Wildman–Crippen MR) is 86.0 cm³/mol. The van der Waals surface area contributed by atoms with Crippen molar-refractivity contribution < 1.29 is 9.90 Å². The molecule has 1 N–H and O–H groups in total. The Balaban J connectivity index is 2.22. The van der Waals surface area contributed by atoms with Crippen molar-refractivity contribution >= 4 is 11.7 Å². The summed E-state index contributed by atoms with van der Waals surface area (Å²) in [5.74, 6) is -1.29. The number of nitrogens with zero attached hydrogens (tertiary/aromatic N) is 1. The Hall–Kier alpha value is -2.29. The highest BCUT2D eigenvalue weighted by Gasteiger charge is 2.20. The molecule has 0 saturated carbocycles. The van der Waals surface area contributed by atoms with E-state index in [1.54, 1.807) is 0 Å². The fraction of sp³-hybridized carbons (Fsp3) is 0.278. The zero-order valence-electron chi connectivity index (χ0n) is 12.7. The predicted octanol–water partition coefficient (Wildman–Crippen LogP) is 3.47. The van der Waals surface area contributed by atoms with E-state index in [9.17, 15) is 9.90 Å². The zero-order chi connectivity index (χ0) is 15.4. The van der Waals surface area contributed by atoms with Crippen LogP contribution in [0.1, 0.15) is 22.6 Å². The maximum Gasteiger partial charge on any atom is 0.311 e. The van der Waals surface area contributed by atoms with Crippen LogP contribution in [-0.2, 0) is 11.2 Å². The van der Waals surface area contributed by atoms with Gasteiger partial charge >= 0.3 is 5.97 Å². The minimum absolute atomic E-state index is 0.510. The van der Waals surface area contributed by atoms with Crippen LogP contribution in [0.25, 0.3) is 0 Å². The molecule has 110 valence electrons. The molecule has 0 fully saturated rings. The molecule has 0 aliphatic rings. The van der Waals surface area contributed by atoms with Crippen LogP contribution in [0.5, 0.6) is 0 Å². The second-order valence-corrected chi connectivity index (χ2v) is 5.57. The van der Waals surface area contributed by atoms with E-state index in [1.807, 2.05) is 74.4 Å². The lowest BCUT2D eigenvalue weighted by molar-refractivity contribution is -0.138. The molecule has 21 heavy (non-hydrogen) atoms. The Morgan fingerprint density at radius 3 is 2.10 bits per heavy atom. The lowest BCUT2D eigenvalue weighted by atomic mass is 9.91. The van der Waals surface area contributed by atoms with Gasteiger partial charge in [-0.2, -0.15) is 0 Å². The molecule has 0 spiro atoms. The number of rotatable bonds is 5. The van der Waals surface area contributed by atoms with Gasteiger partial charge in [-0.15, -0.1) is 0 Å². The molecule has 0 aliphatic heterocycles. The number of carboxylic acid groups (broad SMARTS) is 1. The van der Waals surface area contributed by atoms with Gasteiger partial charge in [0.25, 0.3) is 0 Å². The number of carbonyl (C=O) groups is 1. The molecule has 0 aromatic heterocycles. The van der Waals surface area contributed by atoms with Crippen LogP contribution in [0.4, 0.5) is 5.69 Å². The van der Waals surface area contributed by atoms with E-state index >= 15 is 0 Å². The van der Waals surface area contributed by atoms with Crippen molar-refractivity contribution in [2.24, 2.45) is 0 Å². The van der Waals surface area contributed by atoms with Crippen molar-refractivity contribution in [3.63, 3.8) is 0 Å². The van der Waals surface area contributed by atoms with Crippen molar-refractivity contribution in [3.05, 3.63) is 65.2 Å². The molecule has 0 aliphatic carbocycles. The first-order valence-corrected chi connectivity index (χ1v) is 7.03. The van der Waals surface area contributed by atoms with E-state index in [0.717, 1.165) is 16.8 Å². The SMILES string of the molecule is Cc1ccc(CC(C(=O)O)c2ccc(N(C)C)cc2)cc1. The summed E-state index contributed by atoms with van der Waals surface area (Å²) in [6.07, 6.45) is 0.511. The smallest absolute Gasteiger partial charge is 0.311 e. The molecule has 0 radical (unpaired) electrons. The van der Waals surface area contributed by atoms with Gasteiger partial charge in [-0.25, -0.2) is 0 Å². The minimum Gasteiger partial charge on any atom is -0.481 e. The summed E-state index contributed by atoms with van der Waals surface area (Å²) < 4.78 is 0. The average Bonchev–Trinajstić information content (AvgIpc) is 2.46. The highest BCUT2D eigenvalue weighted by Crippen LogP contribution is 2.24. The van der Waals surface area contributed by atoms with Crippen LogP contribution >= 0.6 is 0 Å².